The van der Waals surface area contributed by atoms with E-state index in [9.17, 15) is 9.90 Å². The van der Waals surface area contributed by atoms with Crippen molar-refractivity contribution in [1.29, 1.82) is 0 Å². The molecule has 0 aliphatic rings. The van der Waals surface area contributed by atoms with E-state index in [0.29, 0.717) is 27.6 Å². The molecule has 0 unspecified atom stereocenters. The van der Waals surface area contributed by atoms with Gasteiger partial charge in [-0.3, -0.25) is 4.79 Å². The molecule has 2 rings (SSSR count). The van der Waals surface area contributed by atoms with Gasteiger partial charge in [0.2, 0.25) is 5.78 Å². The predicted molar refractivity (Wildman–Crippen MR) is 87.2 cm³/mol. The molecule has 0 radical (unpaired) electrons. The van der Waals surface area contributed by atoms with Gasteiger partial charge in [-0.2, -0.15) is 5.11 Å². The Kier molecular flexibility index (Phi) is 5.31. The number of carbonyl (C=O) groups is 1. The Hall–Kier alpha value is -2.17. The lowest BCUT2D eigenvalue weighted by Crippen LogP contribution is -2.01. The summed E-state index contributed by atoms with van der Waals surface area (Å²) in [6, 6.07) is 11.6. The number of ketones is 1. The third kappa shape index (κ3) is 4.16. The standard InChI is InChI=1S/C16H12Cl2N2O2/c1-10-2-4-11(5-3-10)16(22)15(9-21)20-19-14-7-12(17)6-13(18)8-14/h2-9,21H,1H3. The summed E-state index contributed by atoms with van der Waals surface area (Å²) < 4.78 is 0. The van der Waals surface area contributed by atoms with Crippen molar-refractivity contribution in [2.24, 2.45) is 10.2 Å². The zero-order valence-electron chi connectivity index (χ0n) is 11.6. The van der Waals surface area contributed by atoms with Gasteiger partial charge in [-0.15, -0.1) is 5.11 Å². The molecule has 0 amide bonds. The smallest absolute Gasteiger partial charge is 0.216 e. The SMILES string of the molecule is Cc1ccc(C(=O)C(=CO)N=Nc2cc(Cl)cc(Cl)c2)cc1. The van der Waals surface area contributed by atoms with Crippen LogP contribution in [0.25, 0.3) is 0 Å². The van der Waals surface area contributed by atoms with Crippen LogP contribution in [0.5, 0.6) is 0 Å². The molecule has 0 aliphatic carbocycles. The lowest BCUT2D eigenvalue weighted by atomic mass is 10.1. The number of nitrogens with zero attached hydrogens (tertiary/aromatic N) is 2. The number of Topliss-reactive ketones (excluding diaryl/α,β-unsaturated/α-hetero) is 1. The van der Waals surface area contributed by atoms with E-state index in [-0.39, 0.29) is 5.70 Å². The van der Waals surface area contributed by atoms with Gasteiger partial charge in [-0.25, -0.2) is 0 Å². The Bertz CT molecular complexity index is 733. The number of rotatable bonds is 4. The van der Waals surface area contributed by atoms with E-state index >= 15 is 0 Å². The molecule has 0 saturated carbocycles. The molecule has 4 nitrogen and oxygen atoms in total. The fourth-order valence-electron chi connectivity index (χ4n) is 1.69. The molecule has 0 bridgehead atoms. The minimum atomic E-state index is -0.431. The highest BCUT2D eigenvalue weighted by molar-refractivity contribution is 6.35. The molecule has 1 N–H and O–H groups in total. The van der Waals surface area contributed by atoms with Crippen molar-refractivity contribution in [2.45, 2.75) is 6.92 Å². The first-order valence-corrected chi connectivity index (χ1v) is 7.09. The van der Waals surface area contributed by atoms with Gasteiger partial charge in [0.05, 0.1) is 5.69 Å². The number of carbonyl (C=O) groups excluding carboxylic acids is 1. The third-order valence-electron chi connectivity index (χ3n) is 2.79. The summed E-state index contributed by atoms with van der Waals surface area (Å²) in [4.78, 5) is 12.2. The molecule has 6 heteroatoms. The van der Waals surface area contributed by atoms with Gasteiger partial charge in [0.25, 0.3) is 0 Å². The summed E-state index contributed by atoms with van der Waals surface area (Å²) >= 11 is 11.7. The summed E-state index contributed by atoms with van der Waals surface area (Å²) in [5.41, 5.74) is 1.64. The zero-order chi connectivity index (χ0) is 16.1. The molecule has 0 spiro atoms. The van der Waals surface area contributed by atoms with E-state index in [1.54, 1.807) is 42.5 Å². The van der Waals surface area contributed by atoms with Gasteiger partial charge < -0.3 is 5.11 Å². The summed E-state index contributed by atoms with van der Waals surface area (Å²) in [5, 5.41) is 17.7. The molecular formula is C16H12Cl2N2O2. The molecule has 0 aliphatic heterocycles. The topological polar surface area (TPSA) is 62.0 Å². The summed E-state index contributed by atoms with van der Waals surface area (Å²) in [6.45, 7) is 1.92. The van der Waals surface area contributed by atoms with Gasteiger partial charge >= 0.3 is 0 Å². The van der Waals surface area contributed by atoms with Crippen molar-refractivity contribution < 1.29 is 9.90 Å². The Balaban J connectivity index is 2.23. The first-order valence-electron chi connectivity index (χ1n) is 6.33. The van der Waals surface area contributed by atoms with Crippen LogP contribution in [0.4, 0.5) is 5.69 Å². The van der Waals surface area contributed by atoms with E-state index in [2.05, 4.69) is 10.2 Å². The first kappa shape index (κ1) is 16.2. The summed E-state index contributed by atoms with van der Waals surface area (Å²) in [5.74, 6) is -0.431. The lowest BCUT2D eigenvalue weighted by Gasteiger charge is -2.01. The van der Waals surface area contributed by atoms with Gasteiger partial charge in [0, 0.05) is 15.6 Å². The fraction of sp³-hybridized carbons (Fsp3) is 0.0625. The Morgan fingerprint density at radius 1 is 1.09 bits per heavy atom. The minimum Gasteiger partial charge on any atom is -0.513 e. The maximum atomic E-state index is 12.2. The van der Waals surface area contributed by atoms with Gasteiger partial charge in [-0.1, -0.05) is 53.0 Å². The van der Waals surface area contributed by atoms with Crippen LogP contribution < -0.4 is 0 Å². The second-order valence-electron chi connectivity index (χ2n) is 4.54. The quantitative estimate of drug-likeness (QED) is 0.339. The van der Waals surface area contributed by atoms with Crippen molar-refractivity contribution in [3.63, 3.8) is 0 Å². The van der Waals surface area contributed by atoms with Crippen LogP contribution in [0, 0.1) is 6.92 Å². The van der Waals surface area contributed by atoms with Gasteiger partial charge in [0.1, 0.15) is 6.26 Å². The molecule has 0 atom stereocenters. The fourth-order valence-corrected chi connectivity index (χ4v) is 2.21. The third-order valence-corrected chi connectivity index (χ3v) is 3.23. The number of aliphatic hydroxyl groups excluding tert-OH is 1. The van der Waals surface area contributed by atoms with E-state index in [4.69, 9.17) is 23.2 Å². The minimum absolute atomic E-state index is 0.181. The molecule has 22 heavy (non-hydrogen) atoms. The summed E-state index contributed by atoms with van der Waals surface area (Å²) in [6.07, 6.45) is 0.623. The van der Waals surface area contributed by atoms with Crippen LogP contribution in [-0.2, 0) is 0 Å². The van der Waals surface area contributed by atoms with Crippen LogP contribution in [0.2, 0.25) is 10.0 Å². The van der Waals surface area contributed by atoms with Crippen LogP contribution in [0.15, 0.2) is 64.7 Å². The number of allylic oxidation sites excluding steroid dienone is 1. The number of halogens is 2. The molecule has 2 aromatic rings. The number of azo groups is 1. The van der Waals surface area contributed by atoms with Crippen molar-refractivity contribution in [1.82, 2.24) is 0 Å². The van der Waals surface area contributed by atoms with E-state index in [1.807, 2.05) is 6.92 Å². The Morgan fingerprint density at radius 2 is 1.68 bits per heavy atom. The number of aryl methyl sites for hydroxylation is 1. The molecule has 112 valence electrons. The average Bonchev–Trinajstić information content (AvgIpc) is 2.47. The zero-order valence-corrected chi connectivity index (χ0v) is 13.1. The maximum Gasteiger partial charge on any atom is 0.216 e. The Labute approximate surface area is 137 Å². The normalized spacial score (nSPS) is 11.9. The molecule has 0 aromatic heterocycles. The number of aliphatic hydroxyl groups is 1. The van der Waals surface area contributed by atoms with E-state index < -0.39 is 5.78 Å². The predicted octanol–water partition coefficient (Wildman–Crippen LogP) is 5.67. The van der Waals surface area contributed by atoms with Gasteiger partial charge in [0.15, 0.2) is 5.70 Å². The van der Waals surface area contributed by atoms with Crippen molar-refractivity contribution in [2.75, 3.05) is 0 Å². The highest BCUT2D eigenvalue weighted by atomic mass is 35.5. The summed E-state index contributed by atoms with van der Waals surface area (Å²) in [7, 11) is 0. The Morgan fingerprint density at radius 3 is 2.23 bits per heavy atom. The first-order chi connectivity index (χ1) is 10.5. The van der Waals surface area contributed by atoms with Crippen LogP contribution in [0.1, 0.15) is 15.9 Å². The number of hydrogen-bond acceptors (Lipinski definition) is 4. The molecule has 2 aromatic carbocycles. The highest BCUT2D eigenvalue weighted by Gasteiger charge is 2.12. The maximum absolute atomic E-state index is 12.2. The number of benzene rings is 2. The van der Waals surface area contributed by atoms with Crippen molar-refractivity contribution in [3.8, 4) is 0 Å². The number of hydrogen-bond donors (Lipinski definition) is 1. The van der Waals surface area contributed by atoms with E-state index in [0.717, 1.165) is 5.56 Å². The van der Waals surface area contributed by atoms with Crippen LogP contribution >= 0.6 is 23.2 Å². The molecular weight excluding hydrogens is 323 g/mol. The molecule has 0 fully saturated rings. The highest BCUT2D eigenvalue weighted by Crippen LogP contribution is 2.25. The largest absolute Gasteiger partial charge is 0.513 e. The van der Waals surface area contributed by atoms with Gasteiger partial charge in [-0.05, 0) is 25.1 Å². The monoisotopic (exact) mass is 334 g/mol. The van der Waals surface area contributed by atoms with Crippen molar-refractivity contribution in [3.05, 3.63) is 75.6 Å². The van der Waals surface area contributed by atoms with E-state index in [1.165, 1.54) is 0 Å². The molecule has 0 saturated heterocycles. The lowest BCUT2D eigenvalue weighted by molar-refractivity contribution is 0.102. The van der Waals surface area contributed by atoms with Crippen molar-refractivity contribution >= 4 is 34.7 Å². The average molecular weight is 335 g/mol. The molecule has 0 heterocycles. The second-order valence-corrected chi connectivity index (χ2v) is 5.41. The van der Waals surface area contributed by atoms with Crippen LogP contribution in [-0.4, -0.2) is 10.9 Å². The second kappa shape index (κ2) is 7.20. The van der Waals surface area contributed by atoms with Crippen LogP contribution in [0.3, 0.4) is 0 Å².